The first-order valence-electron chi connectivity index (χ1n) is 3.88. The van der Waals surface area contributed by atoms with Crippen LogP contribution in [0.1, 0.15) is 5.56 Å². The fourth-order valence-electron chi connectivity index (χ4n) is 0.898. The number of nitrogens with zero attached hydrogens (tertiary/aromatic N) is 1. The Hall–Kier alpha value is -1.36. The number of rotatable bonds is 2. The predicted molar refractivity (Wildman–Crippen MR) is 57.8 cm³/mol. The van der Waals surface area contributed by atoms with Gasteiger partial charge in [-0.05, 0) is 24.6 Å². The van der Waals surface area contributed by atoms with E-state index in [-0.39, 0.29) is 0 Å². The third-order valence-electron chi connectivity index (χ3n) is 1.61. The molecule has 1 amide bonds. The van der Waals surface area contributed by atoms with Gasteiger partial charge >= 0.3 is 0 Å². The van der Waals surface area contributed by atoms with E-state index in [0.29, 0.717) is 5.69 Å². The Morgan fingerprint density at radius 3 is 2.93 bits per heavy atom. The summed E-state index contributed by atoms with van der Waals surface area (Å²) in [6.07, 6.45) is 0.799. The van der Waals surface area contributed by atoms with E-state index in [9.17, 15) is 4.79 Å². The van der Waals surface area contributed by atoms with E-state index in [1.54, 1.807) is 12.1 Å². The molecular weight excluding hydrogens is 248 g/mol. The van der Waals surface area contributed by atoms with Crippen molar-refractivity contribution in [1.29, 1.82) is 0 Å². The first-order valence-corrected chi connectivity index (χ1v) is 4.67. The minimum absolute atomic E-state index is 0.469. The van der Waals surface area contributed by atoms with Crippen LogP contribution in [-0.2, 0) is 4.79 Å². The number of halogens is 1. The van der Waals surface area contributed by atoms with Crippen molar-refractivity contribution in [1.82, 2.24) is 0 Å². The van der Waals surface area contributed by atoms with Crippen molar-refractivity contribution in [2.75, 3.05) is 5.32 Å². The van der Waals surface area contributed by atoms with Crippen LogP contribution >= 0.6 is 15.9 Å². The van der Waals surface area contributed by atoms with Gasteiger partial charge in [0.05, 0.1) is 0 Å². The molecule has 0 saturated carbocycles. The van der Waals surface area contributed by atoms with Crippen molar-refractivity contribution in [2.24, 2.45) is 5.16 Å². The van der Waals surface area contributed by atoms with Gasteiger partial charge in [-0.2, -0.15) is 0 Å². The highest BCUT2D eigenvalue weighted by Gasteiger charge is 2.00. The number of anilines is 1. The Morgan fingerprint density at radius 2 is 2.36 bits per heavy atom. The van der Waals surface area contributed by atoms with E-state index in [4.69, 9.17) is 5.21 Å². The van der Waals surface area contributed by atoms with E-state index >= 15 is 0 Å². The maximum atomic E-state index is 11.0. The molecule has 0 spiro atoms. The van der Waals surface area contributed by atoms with E-state index < -0.39 is 5.91 Å². The summed E-state index contributed by atoms with van der Waals surface area (Å²) in [6.45, 7) is 1.95. The smallest absolute Gasteiger partial charge is 0.270 e. The first-order chi connectivity index (χ1) is 6.63. The summed E-state index contributed by atoms with van der Waals surface area (Å²) in [5, 5.41) is 13.3. The normalized spacial score (nSPS) is 10.4. The average Bonchev–Trinajstić information content (AvgIpc) is 2.12. The molecule has 0 heterocycles. The number of carbonyl (C=O) groups excluding carboxylic acids is 1. The molecule has 0 aliphatic heterocycles. The van der Waals surface area contributed by atoms with Crippen molar-refractivity contribution in [3.63, 3.8) is 0 Å². The molecule has 1 aromatic carbocycles. The van der Waals surface area contributed by atoms with Gasteiger partial charge in [0.1, 0.15) is 6.21 Å². The van der Waals surface area contributed by atoms with E-state index in [1.165, 1.54) is 0 Å². The number of oxime groups is 1. The predicted octanol–water partition coefficient (Wildman–Crippen LogP) is 2.16. The second-order valence-corrected chi connectivity index (χ2v) is 3.55. The third-order valence-corrected chi connectivity index (χ3v) is 2.47. The summed E-state index contributed by atoms with van der Waals surface area (Å²) in [6, 6.07) is 5.41. The molecule has 2 N–H and O–H groups in total. The zero-order chi connectivity index (χ0) is 10.6. The highest BCUT2D eigenvalue weighted by atomic mass is 79.9. The van der Waals surface area contributed by atoms with Crippen LogP contribution in [0.15, 0.2) is 27.8 Å². The van der Waals surface area contributed by atoms with Gasteiger partial charge < -0.3 is 10.5 Å². The Labute approximate surface area is 89.7 Å². The molecule has 1 aromatic rings. The van der Waals surface area contributed by atoms with E-state index in [0.717, 1.165) is 16.3 Å². The van der Waals surface area contributed by atoms with Crippen LogP contribution in [0, 0.1) is 6.92 Å². The highest BCUT2D eigenvalue weighted by molar-refractivity contribution is 9.10. The minimum atomic E-state index is -0.469. The van der Waals surface area contributed by atoms with Crippen LogP contribution in [0.25, 0.3) is 0 Å². The Morgan fingerprint density at radius 1 is 1.64 bits per heavy atom. The SMILES string of the molecule is Cc1ccc(NC(=O)/C=N/O)cc1Br. The number of hydrogen-bond acceptors (Lipinski definition) is 3. The van der Waals surface area contributed by atoms with E-state index in [1.807, 2.05) is 13.0 Å². The van der Waals surface area contributed by atoms with Crippen LogP contribution in [0.5, 0.6) is 0 Å². The second-order valence-electron chi connectivity index (χ2n) is 2.70. The van der Waals surface area contributed by atoms with Gasteiger partial charge in [-0.1, -0.05) is 27.2 Å². The number of nitrogens with one attached hydrogen (secondary N) is 1. The monoisotopic (exact) mass is 256 g/mol. The summed E-state index contributed by atoms with van der Waals surface area (Å²) in [4.78, 5) is 11.0. The lowest BCUT2D eigenvalue weighted by Gasteiger charge is -2.03. The molecule has 0 fully saturated rings. The maximum Gasteiger partial charge on any atom is 0.270 e. The lowest BCUT2D eigenvalue weighted by atomic mass is 10.2. The van der Waals surface area contributed by atoms with Gasteiger partial charge in [-0.25, -0.2) is 0 Å². The molecule has 0 radical (unpaired) electrons. The fraction of sp³-hybridized carbons (Fsp3) is 0.111. The topological polar surface area (TPSA) is 61.7 Å². The lowest BCUT2D eigenvalue weighted by Crippen LogP contribution is -2.12. The van der Waals surface area contributed by atoms with Crippen molar-refractivity contribution < 1.29 is 10.0 Å². The molecule has 0 saturated heterocycles. The van der Waals surface area contributed by atoms with Gasteiger partial charge in [0.25, 0.3) is 5.91 Å². The fourth-order valence-corrected chi connectivity index (χ4v) is 1.28. The van der Waals surface area contributed by atoms with Crippen molar-refractivity contribution in [3.8, 4) is 0 Å². The molecule has 0 aliphatic carbocycles. The third kappa shape index (κ3) is 2.85. The zero-order valence-corrected chi connectivity index (χ0v) is 9.08. The van der Waals surface area contributed by atoms with Gasteiger partial charge in [0.15, 0.2) is 0 Å². The second kappa shape index (κ2) is 4.76. The number of amides is 1. The standard InChI is InChI=1S/C9H9BrN2O2/c1-6-2-3-7(4-8(6)10)12-9(13)5-11-14/h2-5,14H,1H3,(H,12,13)/b11-5+. The number of hydrogen-bond donors (Lipinski definition) is 2. The summed E-state index contributed by atoms with van der Waals surface area (Å²) >= 11 is 3.34. The van der Waals surface area contributed by atoms with Crippen LogP contribution < -0.4 is 5.32 Å². The Kier molecular flexibility index (Phi) is 3.64. The molecule has 0 atom stereocenters. The lowest BCUT2D eigenvalue weighted by molar-refractivity contribution is -0.110. The maximum absolute atomic E-state index is 11.0. The molecule has 14 heavy (non-hydrogen) atoms. The minimum Gasteiger partial charge on any atom is -0.411 e. The molecule has 0 unspecified atom stereocenters. The Bertz CT molecular complexity index is 377. The molecule has 5 heteroatoms. The van der Waals surface area contributed by atoms with Crippen LogP contribution in [0.2, 0.25) is 0 Å². The van der Waals surface area contributed by atoms with Gasteiger partial charge in [-0.3, -0.25) is 4.79 Å². The number of carbonyl (C=O) groups is 1. The summed E-state index contributed by atoms with van der Waals surface area (Å²) in [7, 11) is 0. The van der Waals surface area contributed by atoms with Crippen LogP contribution in [0.3, 0.4) is 0 Å². The first kappa shape index (κ1) is 10.7. The summed E-state index contributed by atoms with van der Waals surface area (Å²) < 4.78 is 0.913. The van der Waals surface area contributed by atoms with Crippen LogP contribution in [-0.4, -0.2) is 17.3 Å². The molecule has 0 bridgehead atoms. The average molecular weight is 257 g/mol. The Balaban J connectivity index is 2.78. The number of aryl methyl sites for hydroxylation is 1. The molecule has 0 aromatic heterocycles. The molecule has 74 valence electrons. The highest BCUT2D eigenvalue weighted by Crippen LogP contribution is 2.20. The van der Waals surface area contributed by atoms with Gasteiger partial charge in [0, 0.05) is 10.2 Å². The van der Waals surface area contributed by atoms with Gasteiger partial charge in [0.2, 0.25) is 0 Å². The molecule has 0 aliphatic rings. The van der Waals surface area contributed by atoms with Crippen LogP contribution in [0.4, 0.5) is 5.69 Å². The van der Waals surface area contributed by atoms with E-state index in [2.05, 4.69) is 26.4 Å². The molecular formula is C9H9BrN2O2. The number of benzene rings is 1. The zero-order valence-electron chi connectivity index (χ0n) is 7.49. The molecule has 1 rings (SSSR count). The molecule has 4 nitrogen and oxygen atoms in total. The quantitative estimate of drug-likeness (QED) is 0.484. The van der Waals surface area contributed by atoms with Crippen molar-refractivity contribution >= 4 is 33.7 Å². The summed E-state index contributed by atoms with van der Waals surface area (Å²) in [5.41, 5.74) is 1.73. The van der Waals surface area contributed by atoms with Crippen molar-refractivity contribution in [3.05, 3.63) is 28.2 Å². The largest absolute Gasteiger partial charge is 0.411 e. The van der Waals surface area contributed by atoms with Gasteiger partial charge in [-0.15, -0.1) is 0 Å². The summed E-state index contributed by atoms with van der Waals surface area (Å²) in [5.74, 6) is -0.469. The van der Waals surface area contributed by atoms with Crippen molar-refractivity contribution in [2.45, 2.75) is 6.92 Å².